The quantitative estimate of drug-likeness (QED) is 0.700. The Morgan fingerprint density at radius 3 is 2.50 bits per heavy atom. The minimum Gasteiger partial charge on any atom is -0.444 e. The fourth-order valence-electron chi connectivity index (χ4n) is 3.57. The number of anilines is 1. The van der Waals surface area contributed by atoms with Gasteiger partial charge in [0.2, 0.25) is 0 Å². The highest BCUT2D eigenvalue weighted by Gasteiger charge is 2.42. The van der Waals surface area contributed by atoms with E-state index < -0.39 is 11.4 Å². The molecule has 3 heterocycles. The van der Waals surface area contributed by atoms with Crippen LogP contribution in [0.25, 0.3) is 0 Å². The SMILES string of the molecule is CC(C)(C)OC(=O)N1CCN(c2cccc3c2O[C@@](C)(c2ccc(Cl)cn2)O3)CC1. The number of carbonyl (C=O) groups is 1. The maximum absolute atomic E-state index is 12.3. The molecule has 0 bridgehead atoms. The minimum absolute atomic E-state index is 0.276. The van der Waals surface area contributed by atoms with Crippen LogP contribution in [0.5, 0.6) is 11.5 Å². The molecule has 1 amide bonds. The van der Waals surface area contributed by atoms with E-state index in [1.54, 1.807) is 23.2 Å². The van der Waals surface area contributed by atoms with Crippen molar-refractivity contribution < 1.29 is 19.0 Å². The number of para-hydroxylation sites is 1. The van der Waals surface area contributed by atoms with E-state index in [0.29, 0.717) is 48.4 Å². The average Bonchev–Trinajstić information content (AvgIpc) is 3.04. The first-order chi connectivity index (χ1) is 14.1. The van der Waals surface area contributed by atoms with Crippen molar-refractivity contribution in [3.8, 4) is 11.5 Å². The lowest BCUT2D eigenvalue weighted by atomic mass is 10.2. The summed E-state index contributed by atoms with van der Waals surface area (Å²) in [6.45, 7) is 9.97. The maximum Gasteiger partial charge on any atom is 0.410 e. The Bertz CT molecular complexity index is 936. The Hall–Kier alpha value is -2.67. The van der Waals surface area contributed by atoms with E-state index >= 15 is 0 Å². The number of nitrogens with zero attached hydrogens (tertiary/aromatic N) is 3. The van der Waals surface area contributed by atoms with Gasteiger partial charge in [0.1, 0.15) is 11.3 Å². The van der Waals surface area contributed by atoms with E-state index in [1.165, 1.54) is 0 Å². The van der Waals surface area contributed by atoms with Crippen molar-refractivity contribution in [2.75, 3.05) is 31.1 Å². The second-order valence-corrected chi connectivity index (χ2v) is 9.01. The highest BCUT2D eigenvalue weighted by atomic mass is 35.5. The molecule has 1 aromatic carbocycles. The molecule has 0 N–H and O–H groups in total. The molecule has 1 aromatic heterocycles. The van der Waals surface area contributed by atoms with Crippen molar-refractivity contribution in [2.45, 2.75) is 39.1 Å². The third kappa shape index (κ3) is 4.12. The molecule has 160 valence electrons. The summed E-state index contributed by atoms with van der Waals surface area (Å²) in [6.07, 6.45) is 1.30. The topological polar surface area (TPSA) is 64.1 Å². The zero-order valence-corrected chi connectivity index (χ0v) is 18.4. The highest BCUT2D eigenvalue weighted by molar-refractivity contribution is 6.30. The van der Waals surface area contributed by atoms with Gasteiger partial charge in [-0.3, -0.25) is 4.98 Å². The number of ether oxygens (including phenoxy) is 3. The number of amides is 1. The number of piperazine rings is 1. The highest BCUT2D eigenvalue weighted by Crippen LogP contribution is 2.49. The van der Waals surface area contributed by atoms with Gasteiger partial charge in [-0.2, -0.15) is 0 Å². The zero-order chi connectivity index (χ0) is 21.5. The minimum atomic E-state index is -1.03. The summed E-state index contributed by atoms with van der Waals surface area (Å²) in [7, 11) is 0. The number of fused-ring (bicyclic) bond motifs is 1. The van der Waals surface area contributed by atoms with Crippen molar-refractivity contribution in [3.63, 3.8) is 0 Å². The van der Waals surface area contributed by atoms with Crippen molar-refractivity contribution in [3.05, 3.63) is 47.2 Å². The average molecular weight is 432 g/mol. The van der Waals surface area contributed by atoms with Gasteiger partial charge in [-0.25, -0.2) is 4.79 Å². The molecule has 0 radical (unpaired) electrons. The van der Waals surface area contributed by atoms with Crippen LogP contribution in [0, 0.1) is 0 Å². The van der Waals surface area contributed by atoms with Gasteiger partial charge in [0.25, 0.3) is 5.79 Å². The van der Waals surface area contributed by atoms with Crippen LogP contribution in [0.3, 0.4) is 0 Å². The van der Waals surface area contributed by atoms with E-state index in [-0.39, 0.29) is 6.09 Å². The molecular formula is C22H26ClN3O4. The molecule has 0 saturated carbocycles. The van der Waals surface area contributed by atoms with Gasteiger partial charge < -0.3 is 24.0 Å². The zero-order valence-electron chi connectivity index (χ0n) is 17.6. The van der Waals surface area contributed by atoms with Crippen molar-refractivity contribution in [1.29, 1.82) is 0 Å². The van der Waals surface area contributed by atoms with Crippen LogP contribution in [0.2, 0.25) is 5.02 Å². The second-order valence-electron chi connectivity index (χ2n) is 8.57. The Labute approximate surface area is 181 Å². The van der Waals surface area contributed by atoms with Gasteiger partial charge in [0, 0.05) is 39.3 Å². The van der Waals surface area contributed by atoms with Gasteiger partial charge in [0.15, 0.2) is 11.5 Å². The molecule has 2 aromatic rings. The molecular weight excluding hydrogens is 406 g/mol. The summed E-state index contributed by atoms with van der Waals surface area (Å²) in [6, 6.07) is 9.40. The predicted octanol–water partition coefficient (Wildman–Crippen LogP) is 4.44. The monoisotopic (exact) mass is 431 g/mol. The summed E-state index contributed by atoms with van der Waals surface area (Å²) in [4.78, 5) is 20.6. The lowest BCUT2D eigenvalue weighted by Gasteiger charge is -2.37. The molecule has 4 rings (SSSR count). The first-order valence-corrected chi connectivity index (χ1v) is 10.4. The molecule has 2 aliphatic heterocycles. The molecule has 1 fully saturated rings. The molecule has 0 spiro atoms. The molecule has 2 aliphatic rings. The summed E-state index contributed by atoms with van der Waals surface area (Å²) in [5.74, 6) is 0.324. The second kappa shape index (κ2) is 7.54. The van der Waals surface area contributed by atoms with Crippen molar-refractivity contribution in [1.82, 2.24) is 9.88 Å². The smallest absolute Gasteiger partial charge is 0.410 e. The lowest BCUT2D eigenvalue weighted by Crippen LogP contribution is -2.50. The fourth-order valence-corrected chi connectivity index (χ4v) is 3.68. The summed E-state index contributed by atoms with van der Waals surface area (Å²) >= 11 is 5.96. The van der Waals surface area contributed by atoms with Crippen molar-refractivity contribution in [2.24, 2.45) is 0 Å². The number of benzene rings is 1. The summed E-state index contributed by atoms with van der Waals surface area (Å²) in [5.41, 5.74) is 1.08. The van der Waals surface area contributed by atoms with Gasteiger partial charge in [0.05, 0.1) is 10.7 Å². The molecule has 30 heavy (non-hydrogen) atoms. The normalized spacial score (nSPS) is 21.0. The number of hydrogen-bond donors (Lipinski definition) is 0. The molecule has 7 nitrogen and oxygen atoms in total. The van der Waals surface area contributed by atoms with E-state index in [9.17, 15) is 4.79 Å². The first-order valence-electron chi connectivity index (χ1n) is 10.0. The molecule has 1 saturated heterocycles. The maximum atomic E-state index is 12.3. The number of rotatable bonds is 2. The van der Waals surface area contributed by atoms with E-state index in [4.69, 9.17) is 25.8 Å². The number of hydrogen-bond acceptors (Lipinski definition) is 6. The van der Waals surface area contributed by atoms with E-state index in [1.807, 2.05) is 45.9 Å². The standard InChI is InChI=1S/C22H26ClN3O4/c1-21(2,3)30-20(27)26-12-10-25(11-13-26)16-6-5-7-17-19(16)29-22(4,28-17)18-9-8-15(23)14-24-18/h5-9,14H,10-13H2,1-4H3/t22-/m0/s1. The largest absolute Gasteiger partial charge is 0.444 e. The van der Waals surface area contributed by atoms with Crippen LogP contribution in [0.4, 0.5) is 10.5 Å². The van der Waals surface area contributed by atoms with E-state index in [0.717, 1.165) is 5.69 Å². The summed E-state index contributed by atoms with van der Waals surface area (Å²) in [5, 5.41) is 0.557. The number of halogens is 1. The number of aromatic nitrogens is 1. The third-order valence-electron chi connectivity index (χ3n) is 5.02. The van der Waals surface area contributed by atoms with Gasteiger partial charge in [-0.15, -0.1) is 0 Å². The van der Waals surface area contributed by atoms with Gasteiger partial charge >= 0.3 is 6.09 Å². The van der Waals surface area contributed by atoms with E-state index in [2.05, 4.69) is 9.88 Å². The Kier molecular flexibility index (Phi) is 5.18. The van der Waals surface area contributed by atoms with Crippen LogP contribution in [-0.2, 0) is 10.5 Å². The number of carbonyl (C=O) groups excluding carboxylic acids is 1. The Balaban J connectivity index is 1.48. The van der Waals surface area contributed by atoms with Crippen LogP contribution < -0.4 is 14.4 Å². The first kappa shape index (κ1) is 20.6. The van der Waals surface area contributed by atoms with Gasteiger partial charge in [-0.1, -0.05) is 17.7 Å². The molecule has 8 heteroatoms. The molecule has 0 unspecified atom stereocenters. The van der Waals surface area contributed by atoms with Crippen LogP contribution in [0.1, 0.15) is 33.4 Å². The third-order valence-corrected chi connectivity index (χ3v) is 5.25. The molecule has 0 aliphatic carbocycles. The Morgan fingerprint density at radius 1 is 1.13 bits per heavy atom. The van der Waals surface area contributed by atoms with Crippen molar-refractivity contribution >= 4 is 23.4 Å². The Morgan fingerprint density at radius 2 is 1.87 bits per heavy atom. The van der Waals surface area contributed by atoms with Crippen LogP contribution in [-0.4, -0.2) is 47.8 Å². The molecule has 1 atom stereocenters. The summed E-state index contributed by atoms with van der Waals surface area (Å²) < 4.78 is 17.9. The number of pyridine rings is 1. The van der Waals surface area contributed by atoms with Gasteiger partial charge in [-0.05, 0) is 45.0 Å². The fraction of sp³-hybridized carbons (Fsp3) is 0.455. The van der Waals surface area contributed by atoms with Crippen LogP contribution >= 0.6 is 11.6 Å². The van der Waals surface area contributed by atoms with Crippen LogP contribution in [0.15, 0.2) is 36.5 Å². The predicted molar refractivity (Wildman–Crippen MR) is 114 cm³/mol. The lowest BCUT2D eigenvalue weighted by molar-refractivity contribution is -0.0715.